The molecule has 29 heavy (non-hydrogen) atoms. The zero-order valence-corrected chi connectivity index (χ0v) is 16.0. The molecule has 2 aliphatic rings. The second-order valence-corrected chi connectivity index (χ2v) is 7.57. The minimum absolute atomic E-state index is 0.0705. The van der Waals surface area contributed by atoms with Gasteiger partial charge in [0.05, 0.1) is 0 Å². The van der Waals surface area contributed by atoms with Crippen LogP contribution in [0.2, 0.25) is 0 Å². The number of fused-ring (bicyclic) bond motifs is 1. The van der Waals surface area contributed by atoms with Crippen molar-refractivity contribution in [3.05, 3.63) is 65.9 Å². The van der Waals surface area contributed by atoms with Crippen LogP contribution in [-0.2, 0) is 6.42 Å². The number of piperidine rings is 1. The molecule has 1 aromatic heterocycles. The van der Waals surface area contributed by atoms with Gasteiger partial charge in [0.25, 0.3) is 5.91 Å². The van der Waals surface area contributed by atoms with Crippen LogP contribution in [0, 0.1) is 5.92 Å². The first-order chi connectivity index (χ1) is 14.3. The summed E-state index contributed by atoms with van der Waals surface area (Å²) in [7, 11) is 0. The highest BCUT2D eigenvalue weighted by atomic mass is 16.7. The molecule has 6 nitrogen and oxygen atoms in total. The van der Waals surface area contributed by atoms with Crippen LogP contribution in [0.15, 0.2) is 59.1 Å². The predicted molar refractivity (Wildman–Crippen MR) is 107 cm³/mol. The number of amides is 1. The number of ether oxygens (including phenoxy) is 2. The van der Waals surface area contributed by atoms with Gasteiger partial charge in [-0.2, -0.15) is 0 Å². The highest BCUT2D eigenvalue weighted by Crippen LogP contribution is 2.36. The molecule has 1 amide bonds. The summed E-state index contributed by atoms with van der Waals surface area (Å²) in [5, 5.41) is 4.01. The van der Waals surface area contributed by atoms with Gasteiger partial charge < -0.3 is 18.9 Å². The summed E-state index contributed by atoms with van der Waals surface area (Å²) in [4.78, 5) is 14.7. The number of carbonyl (C=O) groups excluding carboxylic acids is 1. The molecule has 0 bridgehead atoms. The second kappa shape index (κ2) is 7.62. The molecular weight excluding hydrogens is 368 g/mol. The van der Waals surface area contributed by atoms with Crippen molar-refractivity contribution in [1.29, 1.82) is 0 Å². The number of rotatable bonds is 4. The maximum Gasteiger partial charge on any atom is 0.276 e. The molecular formula is C23H22N2O4. The third-order valence-electron chi connectivity index (χ3n) is 5.66. The van der Waals surface area contributed by atoms with Crippen molar-refractivity contribution >= 4 is 5.91 Å². The molecule has 3 heterocycles. The van der Waals surface area contributed by atoms with Gasteiger partial charge in [-0.15, -0.1) is 0 Å². The van der Waals surface area contributed by atoms with Crippen molar-refractivity contribution in [2.75, 3.05) is 19.9 Å². The monoisotopic (exact) mass is 390 g/mol. The van der Waals surface area contributed by atoms with E-state index in [9.17, 15) is 4.79 Å². The molecule has 5 rings (SSSR count). The number of hydrogen-bond donors (Lipinski definition) is 0. The van der Waals surface area contributed by atoms with Crippen molar-refractivity contribution in [3.8, 4) is 22.8 Å². The molecule has 1 saturated heterocycles. The fraction of sp³-hybridized carbons (Fsp3) is 0.304. The molecule has 0 aliphatic carbocycles. The maximum absolute atomic E-state index is 12.9. The van der Waals surface area contributed by atoms with E-state index in [1.165, 1.54) is 5.56 Å². The zero-order chi connectivity index (χ0) is 19.6. The van der Waals surface area contributed by atoms with E-state index in [4.69, 9.17) is 14.0 Å². The van der Waals surface area contributed by atoms with Crippen LogP contribution in [0.4, 0.5) is 0 Å². The first-order valence-electron chi connectivity index (χ1n) is 9.96. The van der Waals surface area contributed by atoms with E-state index in [-0.39, 0.29) is 12.7 Å². The Morgan fingerprint density at radius 3 is 2.62 bits per heavy atom. The zero-order valence-electron chi connectivity index (χ0n) is 16.0. The number of nitrogens with zero attached hydrogens (tertiary/aromatic N) is 2. The lowest BCUT2D eigenvalue weighted by molar-refractivity contribution is 0.0680. The lowest BCUT2D eigenvalue weighted by Crippen LogP contribution is -2.39. The Morgan fingerprint density at radius 1 is 1.00 bits per heavy atom. The number of carbonyl (C=O) groups is 1. The quantitative estimate of drug-likeness (QED) is 0.669. The van der Waals surface area contributed by atoms with Crippen LogP contribution in [0.25, 0.3) is 11.3 Å². The molecule has 2 aliphatic heterocycles. The largest absolute Gasteiger partial charge is 0.454 e. The van der Waals surface area contributed by atoms with Gasteiger partial charge in [0.1, 0.15) is 0 Å². The Balaban J connectivity index is 1.22. The summed E-state index contributed by atoms with van der Waals surface area (Å²) >= 11 is 0. The molecule has 0 saturated carbocycles. The van der Waals surface area contributed by atoms with Gasteiger partial charge in [-0.1, -0.05) is 35.5 Å². The molecule has 148 valence electrons. The highest BCUT2D eigenvalue weighted by molar-refractivity contribution is 5.93. The third kappa shape index (κ3) is 3.70. The van der Waals surface area contributed by atoms with E-state index in [0.717, 1.165) is 37.9 Å². The summed E-state index contributed by atoms with van der Waals surface area (Å²) in [6, 6.07) is 17.8. The summed E-state index contributed by atoms with van der Waals surface area (Å²) in [6.45, 7) is 1.73. The molecule has 0 unspecified atom stereocenters. The number of hydrogen-bond acceptors (Lipinski definition) is 5. The average Bonchev–Trinajstić information content (AvgIpc) is 3.44. The number of likely N-dealkylation sites (tertiary alicyclic amines) is 1. The lowest BCUT2D eigenvalue weighted by atomic mass is 9.90. The van der Waals surface area contributed by atoms with Crippen LogP contribution < -0.4 is 9.47 Å². The van der Waals surface area contributed by atoms with Crippen LogP contribution in [-0.4, -0.2) is 35.8 Å². The Labute approximate surface area is 169 Å². The second-order valence-electron chi connectivity index (χ2n) is 7.57. The Bertz CT molecular complexity index is 1010. The van der Waals surface area contributed by atoms with Gasteiger partial charge in [0, 0.05) is 24.7 Å². The lowest BCUT2D eigenvalue weighted by Gasteiger charge is -2.31. The van der Waals surface area contributed by atoms with E-state index in [2.05, 4.69) is 29.4 Å². The van der Waals surface area contributed by atoms with E-state index in [0.29, 0.717) is 28.9 Å². The standard InChI is InChI=1S/C23H22N2O4/c26-23(25-10-8-17(9-11-25)12-16-4-2-1-3-5-16)19-14-21(29-24-19)18-6-7-20-22(13-18)28-15-27-20/h1-7,13-14,17H,8-12,15H2. The van der Waals surface area contributed by atoms with Crippen molar-refractivity contribution in [2.45, 2.75) is 19.3 Å². The molecule has 3 aromatic rings. The van der Waals surface area contributed by atoms with Gasteiger partial charge in [-0.05, 0) is 48.9 Å². The summed E-state index contributed by atoms with van der Waals surface area (Å²) in [5.74, 6) is 2.47. The SMILES string of the molecule is O=C(c1cc(-c2ccc3c(c2)OCO3)on1)N1CCC(Cc2ccccc2)CC1. The van der Waals surface area contributed by atoms with Crippen LogP contribution in [0.1, 0.15) is 28.9 Å². The molecule has 2 aromatic carbocycles. The van der Waals surface area contributed by atoms with Crippen LogP contribution in [0.3, 0.4) is 0 Å². The molecule has 0 atom stereocenters. The van der Waals surface area contributed by atoms with E-state index in [1.807, 2.05) is 29.2 Å². The minimum Gasteiger partial charge on any atom is -0.454 e. The number of benzene rings is 2. The first kappa shape index (κ1) is 17.8. The Morgan fingerprint density at radius 2 is 1.79 bits per heavy atom. The van der Waals surface area contributed by atoms with Gasteiger partial charge >= 0.3 is 0 Å². The van der Waals surface area contributed by atoms with Gasteiger partial charge in [-0.25, -0.2) is 0 Å². The van der Waals surface area contributed by atoms with Gasteiger partial charge in [0.15, 0.2) is 23.0 Å². The first-order valence-corrected chi connectivity index (χ1v) is 9.96. The van der Waals surface area contributed by atoms with Gasteiger partial charge in [0.2, 0.25) is 6.79 Å². The predicted octanol–water partition coefficient (Wildman–Crippen LogP) is 4.17. The van der Waals surface area contributed by atoms with Crippen molar-refractivity contribution in [3.63, 3.8) is 0 Å². The normalized spacial score (nSPS) is 16.2. The molecule has 6 heteroatoms. The van der Waals surface area contributed by atoms with Crippen LogP contribution in [0.5, 0.6) is 11.5 Å². The fourth-order valence-electron chi connectivity index (χ4n) is 4.01. The average molecular weight is 390 g/mol. The minimum atomic E-state index is -0.0705. The summed E-state index contributed by atoms with van der Waals surface area (Å²) in [5.41, 5.74) is 2.52. The van der Waals surface area contributed by atoms with E-state index >= 15 is 0 Å². The summed E-state index contributed by atoms with van der Waals surface area (Å²) < 4.78 is 16.2. The topological polar surface area (TPSA) is 64.8 Å². The highest BCUT2D eigenvalue weighted by Gasteiger charge is 2.26. The van der Waals surface area contributed by atoms with Crippen LogP contribution >= 0.6 is 0 Å². The molecule has 0 radical (unpaired) electrons. The van der Waals surface area contributed by atoms with Crippen molar-refractivity contribution < 1.29 is 18.8 Å². The number of aromatic nitrogens is 1. The van der Waals surface area contributed by atoms with E-state index in [1.54, 1.807) is 6.07 Å². The molecule has 1 fully saturated rings. The van der Waals surface area contributed by atoms with Crippen molar-refractivity contribution in [2.24, 2.45) is 5.92 Å². The Hall–Kier alpha value is -3.28. The molecule has 0 N–H and O–H groups in total. The third-order valence-corrected chi connectivity index (χ3v) is 5.66. The Kier molecular flexibility index (Phi) is 4.68. The van der Waals surface area contributed by atoms with E-state index < -0.39 is 0 Å². The fourth-order valence-corrected chi connectivity index (χ4v) is 4.01. The van der Waals surface area contributed by atoms with Gasteiger partial charge in [-0.3, -0.25) is 4.79 Å². The van der Waals surface area contributed by atoms with Crippen molar-refractivity contribution in [1.82, 2.24) is 10.1 Å². The summed E-state index contributed by atoms with van der Waals surface area (Å²) in [6.07, 6.45) is 3.09. The smallest absolute Gasteiger partial charge is 0.276 e. The molecule has 0 spiro atoms. The maximum atomic E-state index is 12.9.